The fourth-order valence-electron chi connectivity index (χ4n) is 4.04. The molecular weight excluding hydrogens is 360 g/mol. The van der Waals surface area contributed by atoms with Gasteiger partial charge in [0, 0.05) is 48.3 Å². The average Bonchev–Trinajstić information content (AvgIpc) is 3.38. The molecule has 2 aromatic heterocycles. The van der Waals surface area contributed by atoms with Gasteiger partial charge in [-0.05, 0) is 42.2 Å². The van der Waals surface area contributed by atoms with E-state index in [9.17, 15) is 4.79 Å². The molecule has 3 heterocycles. The molecule has 0 atom stereocenters. The van der Waals surface area contributed by atoms with Gasteiger partial charge in [-0.15, -0.1) is 0 Å². The minimum absolute atomic E-state index is 0.00253. The molecule has 0 radical (unpaired) electrons. The number of carbonyl (C=O) groups excluding carboxylic acids is 1. The van der Waals surface area contributed by atoms with E-state index in [0.717, 1.165) is 42.8 Å². The van der Waals surface area contributed by atoms with Gasteiger partial charge < -0.3 is 15.2 Å². The van der Waals surface area contributed by atoms with E-state index in [4.69, 9.17) is 0 Å². The molecule has 1 aliphatic heterocycles. The van der Waals surface area contributed by atoms with Crippen molar-refractivity contribution in [3.8, 4) is 0 Å². The summed E-state index contributed by atoms with van der Waals surface area (Å²) < 4.78 is 0. The Balaban J connectivity index is 1.27. The Morgan fingerprint density at radius 3 is 2.93 bits per heavy atom. The molecular formula is C24H22N4O. The fraction of sp³-hybridized carbons (Fsp3) is 0.167. The van der Waals surface area contributed by atoms with Crippen LogP contribution in [0.2, 0.25) is 0 Å². The van der Waals surface area contributed by atoms with Gasteiger partial charge in [-0.3, -0.25) is 9.78 Å². The topological polar surface area (TPSA) is 61.0 Å². The van der Waals surface area contributed by atoms with Crippen molar-refractivity contribution in [1.29, 1.82) is 0 Å². The van der Waals surface area contributed by atoms with Crippen LogP contribution in [0, 0.1) is 0 Å². The first-order valence-electron chi connectivity index (χ1n) is 9.93. The maximum atomic E-state index is 13.0. The number of fused-ring (bicyclic) bond motifs is 2. The van der Waals surface area contributed by atoms with Crippen LogP contribution in [0.15, 0.2) is 73.2 Å². The summed E-state index contributed by atoms with van der Waals surface area (Å²) >= 11 is 0. The number of H-pyrrole nitrogens is 1. The second kappa shape index (κ2) is 7.43. The van der Waals surface area contributed by atoms with Gasteiger partial charge in [-0.2, -0.15) is 0 Å². The number of rotatable bonds is 5. The first-order chi connectivity index (χ1) is 14.3. The molecule has 5 rings (SSSR count). The van der Waals surface area contributed by atoms with Crippen molar-refractivity contribution >= 4 is 28.2 Å². The highest BCUT2D eigenvalue weighted by molar-refractivity contribution is 6.07. The van der Waals surface area contributed by atoms with E-state index in [2.05, 4.69) is 45.7 Å². The number of aromatic nitrogens is 2. The summed E-state index contributed by atoms with van der Waals surface area (Å²) in [7, 11) is 0. The largest absolute Gasteiger partial charge is 0.383 e. The minimum Gasteiger partial charge on any atom is -0.383 e. The predicted octanol–water partition coefficient (Wildman–Crippen LogP) is 4.42. The number of pyridine rings is 1. The highest BCUT2D eigenvalue weighted by Gasteiger charge is 2.25. The Hall–Kier alpha value is -3.60. The summed E-state index contributed by atoms with van der Waals surface area (Å²) in [6.07, 6.45) is 7.27. The predicted molar refractivity (Wildman–Crippen MR) is 117 cm³/mol. The summed E-state index contributed by atoms with van der Waals surface area (Å²) in [5, 5.41) is 4.66. The van der Waals surface area contributed by atoms with Crippen LogP contribution in [0.1, 0.15) is 21.5 Å². The zero-order valence-corrected chi connectivity index (χ0v) is 16.1. The van der Waals surface area contributed by atoms with Crippen LogP contribution >= 0.6 is 0 Å². The van der Waals surface area contributed by atoms with Crippen molar-refractivity contribution in [2.24, 2.45) is 0 Å². The number of anilines is 2. The molecule has 1 aliphatic rings. The van der Waals surface area contributed by atoms with Crippen molar-refractivity contribution in [1.82, 2.24) is 9.97 Å². The first-order valence-corrected chi connectivity index (χ1v) is 9.93. The van der Waals surface area contributed by atoms with Crippen LogP contribution in [0.4, 0.5) is 11.4 Å². The molecule has 0 bridgehead atoms. The molecule has 144 valence electrons. The molecule has 5 heteroatoms. The fourth-order valence-corrected chi connectivity index (χ4v) is 4.04. The maximum Gasteiger partial charge on any atom is 0.259 e. The summed E-state index contributed by atoms with van der Waals surface area (Å²) in [4.78, 5) is 22.5. The summed E-state index contributed by atoms with van der Waals surface area (Å²) in [6.45, 7) is 1.49. The molecule has 0 spiro atoms. The number of amides is 1. The second-order valence-electron chi connectivity index (χ2n) is 7.33. The van der Waals surface area contributed by atoms with Crippen LogP contribution in [-0.4, -0.2) is 29.0 Å². The van der Waals surface area contributed by atoms with Gasteiger partial charge in [0.1, 0.15) is 0 Å². The lowest BCUT2D eigenvalue weighted by atomic mass is 10.1. The van der Waals surface area contributed by atoms with E-state index in [-0.39, 0.29) is 5.91 Å². The Bertz CT molecular complexity index is 1180. The van der Waals surface area contributed by atoms with Crippen molar-refractivity contribution in [3.05, 3.63) is 89.9 Å². The number of carbonyl (C=O) groups is 1. The molecule has 5 nitrogen and oxygen atoms in total. The third-order valence-corrected chi connectivity index (χ3v) is 5.52. The van der Waals surface area contributed by atoms with Gasteiger partial charge in [-0.1, -0.05) is 36.4 Å². The Kier molecular flexibility index (Phi) is 4.48. The van der Waals surface area contributed by atoms with Gasteiger partial charge >= 0.3 is 0 Å². The molecule has 4 aromatic rings. The molecule has 2 N–H and O–H groups in total. The monoisotopic (exact) mass is 382 g/mol. The van der Waals surface area contributed by atoms with Gasteiger partial charge in [0.25, 0.3) is 5.91 Å². The smallest absolute Gasteiger partial charge is 0.259 e. The van der Waals surface area contributed by atoms with E-state index >= 15 is 0 Å². The van der Waals surface area contributed by atoms with Crippen LogP contribution < -0.4 is 10.2 Å². The molecule has 0 aliphatic carbocycles. The maximum absolute atomic E-state index is 13.0. The molecule has 0 saturated heterocycles. The lowest BCUT2D eigenvalue weighted by Crippen LogP contribution is -2.29. The lowest BCUT2D eigenvalue weighted by molar-refractivity contribution is 0.0989. The van der Waals surface area contributed by atoms with E-state index in [1.54, 1.807) is 12.4 Å². The van der Waals surface area contributed by atoms with Gasteiger partial charge in [0.15, 0.2) is 0 Å². The van der Waals surface area contributed by atoms with Crippen LogP contribution in [-0.2, 0) is 12.8 Å². The van der Waals surface area contributed by atoms with Crippen molar-refractivity contribution in [3.63, 3.8) is 0 Å². The second-order valence-corrected chi connectivity index (χ2v) is 7.33. The lowest BCUT2D eigenvalue weighted by Gasteiger charge is -2.17. The van der Waals surface area contributed by atoms with E-state index in [1.807, 2.05) is 35.2 Å². The normalized spacial score (nSPS) is 12.9. The Morgan fingerprint density at radius 2 is 1.97 bits per heavy atom. The summed E-state index contributed by atoms with van der Waals surface area (Å²) in [6, 6.07) is 18.3. The Morgan fingerprint density at radius 1 is 1.10 bits per heavy atom. The third-order valence-electron chi connectivity index (χ3n) is 5.52. The summed E-state index contributed by atoms with van der Waals surface area (Å²) in [5.74, 6) is 0.00253. The third kappa shape index (κ3) is 3.36. The quantitative estimate of drug-likeness (QED) is 0.537. The van der Waals surface area contributed by atoms with Gasteiger partial charge in [-0.25, -0.2) is 0 Å². The number of benzene rings is 2. The van der Waals surface area contributed by atoms with E-state index in [1.165, 1.54) is 16.5 Å². The molecule has 29 heavy (non-hydrogen) atoms. The van der Waals surface area contributed by atoms with Crippen molar-refractivity contribution in [2.45, 2.75) is 12.8 Å². The average molecular weight is 382 g/mol. The SMILES string of the molecule is O=C(c1cncc(NCCc2c[nH]c3ccccc23)c1)N1CCc2ccccc21. The van der Waals surface area contributed by atoms with Crippen LogP contribution in [0.3, 0.4) is 0 Å². The zero-order valence-electron chi connectivity index (χ0n) is 16.1. The Labute approximate surface area is 169 Å². The first kappa shape index (κ1) is 17.5. The zero-order chi connectivity index (χ0) is 19.6. The number of hydrogen-bond acceptors (Lipinski definition) is 3. The number of nitrogens with zero attached hydrogens (tertiary/aromatic N) is 2. The number of hydrogen-bond donors (Lipinski definition) is 2. The standard InChI is InChI=1S/C24H22N4O/c29-24(28-12-10-17-5-1-4-8-23(17)28)19-13-20(16-25-14-19)26-11-9-18-15-27-22-7-3-2-6-21(18)22/h1-8,13-16,26-27H,9-12H2. The summed E-state index contributed by atoms with van der Waals surface area (Å²) in [5.41, 5.74) is 6.14. The molecule has 0 fully saturated rings. The molecule has 0 unspecified atom stereocenters. The number of para-hydroxylation sites is 2. The van der Waals surface area contributed by atoms with Gasteiger partial charge in [0.05, 0.1) is 11.3 Å². The molecule has 1 amide bonds. The number of aromatic amines is 1. The molecule has 0 saturated carbocycles. The highest BCUT2D eigenvalue weighted by atomic mass is 16.2. The number of nitrogens with one attached hydrogen (secondary N) is 2. The van der Waals surface area contributed by atoms with Crippen molar-refractivity contribution < 1.29 is 4.79 Å². The minimum atomic E-state index is 0.00253. The highest BCUT2D eigenvalue weighted by Crippen LogP contribution is 2.29. The van der Waals surface area contributed by atoms with E-state index in [0.29, 0.717) is 5.56 Å². The van der Waals surface area contributed by atoms with Crippen molar-refractivity contribution in [2.75, 3.05) is 23.3 Å². The van der Waals surface area contributed by atoms with Crippen LogP contribution in [0.5, 0.6) is 0 Å². The van der Waals surface area contributed by atoms with Crippen LogP contribution in [0.25, 0.3) is 10.9 Å². The van der Waals surface area contributed by atoms with Gasteiger partial charge in [0.2, 0.25) is 0 Å². The molecule has 2 aromatic carbocycles. The van der Waals surface area contributed by atoms with E-state index < -0.39 is 0 Å².